The molecule has 0 fully saturated rings. The summed E-state index contributed by atoms with van der Waals surface area (Å²) in [6.07, 6.45) is -0.495. The first kappa shape index (κ1) is 17.8. The molecule has 0 saturated heterocycles. The van der Waals surface area contributed by atoms with Crippen molar-refractivity contribution in [1.82, 2.24) is 4.90 Å². The maximum absolute atomic E-state index is 8.22. The zero-order valence-corrected chi connectivity index (χ0v) is 8.37. The second-order valence-electron chi connectivity index (χ2n) is 2.52. The lowest BCUT2D eigenvalue weighted by molar-refractivity contribution is 0.0246. The van der Waals surface area contributed by atoms with E-state index in [1.165, 1.54) is 0 Å². The largest absolute Gasteiger partial charge is 0.412 e. The van der Waals surface area contributed by atoms with E-state index in [9.17, 15) is 0 Å². The highest BCUT2D eigenvalue weighted by Crippen LogP contribution is 1.76. The molecule has 0 spiro atoms. The van der Waals surface area contributed by atoms with Crippen LogP contribution in [0.15, 0.2) is 0 Å². The summed E-state index contributed by atoms with van der Waals surface area (Å²) in [5.74, 6) is 0. The van der Waals surface area contributed by atoms with Gasteiger partial charge in [0.2, 0.25) is 0 Å². The molecule has 78 valence electrons. The van der Waals surface area contributed by atoms with E-state index in [0.717, 1.165) is 0 Å². The van der Waals surface area contributed by atoms with Gasteiger partial charge in [0.05, 0.1) is 6.61 Å². The van der Waals surface area contributed by atoms with Gasteiger partial charge in [-0.05, 0) is 28.1 Å². The zero-order chi connectivity index (χ0) is 9.28. The van der Waals surface area contributed by atoms with Crippen molar-refractivity contribution < 1.29 is 15.3 Å². The second-order valence-corrected chi connectivity index (χ2v) is 2.52. The number of hydrogen-bond acceptors (Lipinski definition) is 4. The summed E-state index contributed by atoms with van der Waals surface area (Å²) in [4.78, 5) is 2.00. The Balaban J connectivity index is -0.000000142. The van der Waals surface area contributed by atoms with Crippen molar-refractivity contribution >= 4 is 0 Å². The van der Waals surface area contributed by atoms with E-state index in [1.54, 1.807) is 0 Å². The molecular weight excluding hydrogens is 160 g/mol. The number of rotatable bonds is 3. The number of nitrogens with two attached hydrogens (primary N) is 1. The molecular formula is C7H22N2O3. The molecule has 0 aliphatic heterocycles. The van der Waals surface area contributed by atoms with Gasteiger partial charge in [-0.25, -0.2) is 0 Å². The van der Waals surface area contributed by atoms with Crippen LogP contribution in [0.5, 0.6) is 0 Å². The van der Waals surface area contributed by atoms with Gasteiger partial charge in [-0.3, -0.25) is 0 Å². The van der Waals surface area contributed by atoms with Crippen LogP contribution in [-0.4, -0.2) is 56.1 Å². The van der Waals surface area contributed by atoms with Gasteiger partial charge in [0, 0.05) is 6.61 Å². The number of ether oxygens (including phenoxy) is 1. The fourth-order valence-electron chi connectivity index (χ4n) is 0.267. The topological polar surface area (TPSA) is 90.2 Å². The minimum atomic E-state index is -0.495. The summed E-state index contributed by atoms with van der Waals surface area (Å²) < 4.78 is 4.72. The van der Waals surface area contributed by atoms with E-state index >= 15 is 0 Å². The molecule has 0 saturated carbocycles. The maximum Gasteiger partial charge on any atom is 0.128 e. The molecule has 0 aromatic rings. The zero-order valence-electron chi connectivity index (χ0n) is 8.37. The van der Waals surface area contributed by atoms with Crippen LogP contribution in [0.25, 0.3) is 0 Å². The Kier molecular flexibility index (Phi) is 19.8. The Hall–Kier alpha value is -0.200. The normalized spacial score (nSPS) is 11.2. The molecule has 5 heteroatoms. The van der Waals surface area contributed by atoms with E-state index < -0.39 is 6.23 Å². The quantitative estimate of drug-likeness (QED) is 0.528. The molecule has 0 amide bonds. The van der Waals surface area contributed by atoms with Gasteiger partial charge in [0.1, 0.15) is 6.23 Å². The SMILES string of the molecule is CCOC(N)CO.CN(C)C.O. The molecule has 1 unspecified atom stereocenters. The highest BCUT2D eigenvalue weighted by molar-refractivity contribution is 4.38. The van der Waals surface area contributed by atoms with E-state index in [1.807, 2.05) is 33.0 Å². The third-order valence-electron chi connectivity index (χ3n) is 0.561. The monoisotopic (exact) mass is 182 g/mol. The van der Waals surface area contributed by atoms with Crippen molar-refractivity contribution in [2.45, 2.75) is 13.2 Å². The number of hydrogen-bond donors (Lipinski definition) is 2. The van der Waals surface area contributed by atoms with E-state index in [4.69, 9.17) is 15.6 Å². The molecule has 0 radical (unpaired) electrons. The van der Waals surface area contributed by atoms with Gasteiger partial charge < -0.3 is 26.0 Å². The lowest BCUT2D eigenvalue weighted by atomic mass is 10.6. The molecule has 1 atom stereocenters. The van der Waals surface area contributed by atoms with Crippen molar-refractivity contribution in [2.75, 3.05) is 34.4 Å². The van der Waals surface area contributed by atoms with Gasteiger partial charge in [0.15, 0.2) is 0 Å². The van der Waals surface area contributed by atoms with Crippen LogP contribution in [0, 0.1) is 0 Å². The average molecular weight is 182 g/mol. The molecule has 5 nitrogen and oxygen atoms in total. The van der Waals surface area contributed by atoms with Crippen LogP contribution in [0.2, 0.25) is 0 Å². The van der Waals surface area contributed by atoms with Crippen molar-refractivity contribution in [3.63, 3.8) is 0 Å². The Bertz CT molecular complexity index is 68.9. The van der Waals surface area contributed by atoms with Crippen molar-refractivity contribution in [3.05, 3.63) is 0 Å². The minimum Gasteiger partial charge on any atom is -0.412 e. The third kappa shape index (κ3) is 32.9. The van der Waals surface area contributed by atoms with E-state index in [0.29, 0.717) is 6.61 Å². The lowest BCUT2D eigenvalue weighted by Crippen LogP contribution is -2.27. The number of aliphatic hydroxyl groups is 1. The van der Waals surface area contributed by atoms with Crippen LogP contribution >= 0.6 is 0 Å². The van der Waals surface area contributed by atoms with Crippen molar-refractivity contribution in [3.8, 4) is 0 Å². The molecule has 0 aromatic heterocycles. The third-order valence-corrected chi connectivity index (χ3v) is 0.561. The first-order chi connectivity index (χ1) is 5.04. The Morgan fingerprint density at radius 2 is 1.75 bits per heavy atom. The Morgan fingerprint density at radius 3 is 1.83 bits per heavy atom. The van der Waals surface area contributed by atoms with Gasteiger partial charge in [0.25, 0.3) is 0 Å². The summed E-state index contributed by atoms with van der Waals surface area (Å²) >= 11 is 0. The van der Waals surface area contributed by atoms with Crippen molar-refractivity contribution in [1.29, 1.82) is 0 Å². The summed E-state index contributed by atoms with van der Waals surface area (Å²) in [6.45, 7) is 2.28. The highest BCUT2D eigenvalue weighted by atomic mass is 16.5. The first-order valence-electron chi connectivity index (χ1n) is 3.63. The molecule has 5 N–H and O–H groups in total. The van der Waals surface area contributed by atoms with E-state index in [-0.39, 0.29) is 12.1 Å². The summed E-state index contributed by atoms with van der Waals surface area (Å²) in [5, 5.41) is 8.22. The smallest absolute Gasteiger partial charge is 0.128 e. The predicted octanol–water partition coefficient (Wildman–Crippen LogP) is -1.35. The van der Waals surface area contributed by atoms with E-state index in [2.05, 4.69) is 0 Å². The highest BCUT2D eigenvalue weighted by Gasteiger charge is 1.93. The maximum atomic E-state index is 8.22. The lowest BCUT2D eigenvalue weighted by Gasteiger charge is -2.05. The van der Waals surface area contributed by atoms with Gasteiger partial charge >= 0.3 is 0 Å². The fourth-order valence-corrected chi connectivity index (χ4v) is 0.267. The molecule has 0 aliphatic carbocycles. The number of nitrogens with zero attached hydrogens (tertiary/aromatic N) is 1. The first-order valence-corrected chi connectivity index (χ1v) is 3.63. The number of aliphatic hydroxyl groups excluding tert-OH is 1. The fraction of sp³-hybridized carbons (Fsp3) is 1.00. The predicted molar refractivity (Wildman–Crippen MR) is 49.9 cm³/mol. The molecule has 0 rings (SSSR count). The summed E-state index contributed by atoms with van der Waals surface area (Å²) in [6, 6.07) is 0. The molecule has 0 aromatic carbocycles. The van der Waals surface area contributed by atoms with Crippen LogP contribution in [-0.2, 0) is 4.74 Å². The minimum absolute atomic E-state index is 0. The van der Waals surface area contributed by atoms with Crippen molar-refractivity contribution in [2.24, 2.45) is 5.73 Å². The molecule has 0 bridgehead atoms. The molecule has 0 heterocycles. The van der Waals surface area contributed by atoms with Gasteiger partial charge in [-0.1, -0.05) is 0 Å². The summed E-state index contributed by atoms with van der Waals surface area (Å²) in [7, 11) is 6.00. The van der Waals surface area contributed by atoms with Gasteiger partial charge in [-0.15, -0.1) is 0 Å². The van der Waals surface area contributed by atoms with Crippen LogP contribution < -0.4 is 5.73 Å². The Morgan fingerprint density at radius 1 is 1.42 bits per heavy atom. The standard InChI is InChI=1S/C4H11NO2.C3H9N.H2O/c1-2-7-4(5)3-6;1-4(2)3;/h4,6H,2-3,5H2,1H3;1-3H3;1H2. The molecule has 12 heavy (non-hydrogen) atoms. The van der Waals surface area contributed by atoms with Crippen LogP contribution in [0.4, 0.5) is 0 Å². The second kappa shape index (κ2) is 13.4. The Labute approximate surface area is 74.4 Å². The molecule has 0 aliphatic rings. The van der Waals surface area contributed by atoms with Gasteiger partial charge in [-0.2, -0.15) is 0 Å². The van der Waals surface area contributed by atoms with Crippen LogP contribution in [0.1, 0.15) is 6.92 Å². The van der Waals surface area contributed by atoms with Crippen LogP contribution in [0.3, 0.4) is 0 Å². The average Bonchev–Trinajstić information content (AvgIpc) is 1.87. The summed E-state index contributed by atoms with van der Waals surface area (Å²) in [5.41, 5.74) is 5.11.